The molecule has 1 fully saturated rings. The summed E-state index contributed by atoms with van der Waals surface area (Å²) in [7, 11) is 2.22. The molecule has 242 valence electrons. The van der Waals surface area contributed by atoms with Crippen LogP contribution in [0.5, 0.6) is 17.2 Å². The van der Waals surface area contributed by atoms with Crippen LogP contribution in [0.3, 0.4) is 0 Å². The molecule has 6 atom stereocenters. The van der Waals surface area contributed by atoms with E-state index in [1.165, 1.54) is 6.92 Å². The average Bonchev–Trinajstić information content (AvgIpc) is 3.67. The monoisotopic (exact) mass is 628 g/mol. The first-order valence-electron chi connectivity index (χ1n) is 14.3. The predicted octanol–water partition coefficient (Wildman–Crippen LogP) is 2.87. The van der Waals surface area contributed by atoms with Crippen molar-refractivity contribution in [2.75, 3.05) is 27.6 Å². The van der Waals surface area contributed by atoms with Gasteiger partial charge in [-0.1, -0.05) is 19.1 Å². The zero-order valence-electron chi connectivity index (χ0n) is 26.3. The van der Waals surface area contributed by atoms with E-state index in [9.17, 15) is 24.3 Å². The van der Waals surface area contributed by atoms with E-state index in [0.717, 1.165) is 20.3 Å². The lowest BCUT2D eigenvalue weighted by Gasteiger charge is -2.59. The van der Waals surface area contributed by atoms with Crippen molar-refractivity contribution in [3.63, 3.8) is 0 Å². The second-order valence-electron chi connectivity index (χ2n) is 11.5. The first-order valence-corrected chi connectivity index (χ1v) is 14.3. The molecule has 6 rings (SSSR count). The molecule has 2 bridgehead atoms. The summed E-state index contributed by atoms with van der Waals surface area (Å²) in [5.41, 5.74) is -3.10. The molecule has 4 aliphatic heterocycles. The Balaban J connectivity index is 1.95. The van der Waals surface area contributed by atoms with Crippen molar-refractivity contribution in [2.45, 2.75) is 70.6 Å². The third-order valence-electron chi connectivity index (χ3n) is 9.32. The van der Waals surface area contributed by atoms with Crippen LogP contribution in [0.2, 0.25) is 0 Å². The van der Waals surface area contributed by atoms with E-state index in [1.807, 2.05) is 0 Å². The van der Waals surface area contributed by atoms with Crippen LogP contribution in [-0.4, -0.2) is 74.1 Å². The minimum absolute atomic E-state index is 0.0536. The number of hydrogen-bond acceptors (Lipinski definition) is 13. The number of carbonyl (C=O) groups excluding carboxylic acids is 4. The molecule has 13 nitrogen and oxygen atoms in total. The summed E-state index contributed by atoms with van der Waals surface area (Å²) in [4.78, 5) is 53.5. The fourth-order valence-corrected chi connectivity index (χ4v) is 6.40. The fourth-order valence-electron chi connectivity index (χ4n) is 6.40. The molecule has 1 aromatic rings. The molecule has 0 amide bonds. The second kappa shape index (κ2) is 11.2. The highest BCUT2D eigenvalue weighted by Gasteiger charge is 2.77. The maximum Gasteiger partial charge on any atom is 0.367 e. The summed E-state index contributed by atoms with van der Waals surface area (Å²) in [5.74, 6) is -6.88. The van der Waals surface area contributed by atoms with E-state index in [2.05, 4.69) is 0 Å². The number of hydrogen-bond donors (Lipinski definition) is 1. The Kier molecular flexibility index (Phi) is 7.99. The molecule has 1 aliphatic carbocycles. The predicted molar refractivity (Wildman–Crippen MR) is 153 cm³/mol. The molecule has 1 aromatic carbocycles. The number of allylic oxidation sites excluding steroid dienone is 2. The molecular formula is C32H36O13. The largest absolute Gasteiger partial charge is 0.488 e. The van der Waals surface area contributed by atoms with Crippen LogP contribution in [0.1, 0.15) is 58.8 Å². The number of rotatable bonds is 6. The van der Waals surface area contributed by atoms with Crippen molar-refractivity contribution < 1.29 is 62.2 Å². The highest BCUT2D eigenvalue weighted by molar-refractivity contribution is 5.91. The third-order valence-corrected chi connectivity index (χ3v) is 9.32. The molecule has 1 saturated heterocycles. The minimum atomic E-state index is -2.87. The van der Waals surface area contributed by atoms with Gasteiger partial charge in [0.1, 0.15) is 23.7 Å². The molecule has 0 unspecified atom stereocenters. The molecule has 0 aromatic heterocycles. The zero-order chi connectivity index (χ0) is 33.1. The van der Waals surface area contributed by atoms with E-state index >= 15 is 0 Å². The van der Waals surface area contributed by atoms with Gasteiger partial charge < -0.3 is 43.0 Å². The normalized spacial score (nSPS) is 32.2. The van der Waals surface area contributed by atoms with Gasteiger partial charge in [0.25, 0.3) is 5.79 Å². The Bertz CT molecular complexity index is 1570. The molecule has 4 heterocycles. The van der Waals surface area contributed by atoms with Crippen molar-refractivity contribution in [2.24, 2.45) is 5.92 Å². The van der Waals surface area contributed by atoms with E-state index in [4.69, 9.17) is 37.9 Å². The smallest absolute Gasteiger partial charge is 0.367 e. The third kappa shape index (κ3) is 4.43. The van der Waals surface area contributed by atoms with Crippen LogP contribution in [0.25, 0.3) is 0 Å². The van der Waals surface area contributed by atoms with Gasteiger partial charge in [0, 0.05) is 39.8 Å². The van der Waals surface area contributed by atoms with Gasteiger partial charge in [0.2, 0.25) is 12.5 Å². The van der Waals surface area contributed by atoms with E-state index in [0.29, 0.717) is 11.1 Å². The summed E-state index contributed by atoms with van der Waals surface area (Å²) < 4.78 is 46.4. The zero-order valence-corrected chi connectivity index (χ0v) is 26.3. The van der Waals surface area contributed by atoms with Gasteiger partial charge in [0.15, 0.2) is 17.6 Å². The molecule has 0 radical (unpaired) electrons. The SMILES string of the molecule is C/C=C(/C)C(=O)O[C@H]1c2cc3c(c4c2[C@]2(CO4)/C(=C\C(=O)OC)[C@H](OC(=O)/C(C)=C\C)[C@@](C)(O[C@]2(O)C(=O)OC)[C@H]1C)OCO3. The lowest BCUT2D eigenvalue weighted by Crippen LogP contribution is -2.75. The van der Waals surface area contributed by atoms with Crippen LogP contribution < -0.4 is 14.2 Å². The summed E-state index contributed by atoms with van der Waals surface area (Å²) in [6.07, 6.45) is 1.57. The summed E-state index contributed by atoms with van der Waals surface area (Å²) >= 11 is 0. The molecule has 0 saturated carbocycles. The number of benzene rings is 1. The van der Waals surface area contributed by atoms with Gasteiger partial charge in [-0.3, -0.25) is 0 Å². The first kappa shape index (κ1) is 32.0. The lowest BCUT2D eigenvalue weighted by molar-refractivity contribution is -0.338. The number of ether oxygens (including phenoxy) is 8. The standard InChI is InChI=1S/C32H36O13/c1-9-15(3)27(34)43-23-17(5)30(6)26(44-28(35)16(4)10-2)19(12-21(33)38-7)31(32(37,45-30)29(36)39-8)13-40-25-22(31)18(23)11-20-24(25)42-14-41-20/h9-12,17,23,26,37H,13-14H2,1-8H3/b15-9-,16-10-,19-12-/t17-,23+,26-,30-,31-,32+/m0/s1. The Morgan fingerprint density at radius 2 is 1.60 bits per heavy atom. The number of fused-ring (bicyclic) bond motifs is 5. The van der Waals surface area contributed by atoms with E-state index < -0.39 is 65.4 Å². The van der Waals surface area contributed by atoms with Crippen molar-refractivity contribution in [3.8, 4) is 17.2 Å². The molecular weight excluding hydrogens is 592 g/mol. The van der Waals surface area contributed by atoms with Crippen molar-refractivity contribution in [3.05, 3.63) is 52.1 Å². The van der Waals surface area contributed by atoms with Gasteiger partial charge in [0.05, 0.1) is 14.2 Å². The van der Waals surface area contributed by atoms with Crippen LogP contribution in [0, 0.1) is 5.92 Å². The van der Waals surface area contributed by atoms with Crippen molar-refractivity contribution in [1.29, 1.82) is 0 Å². The van der Waals surface area contributed by atoms with E-state index in [1.54, 1.807) is 52.8 Å². The second-order valence-corrected chi connectivity index (χ2v) is 11.5. The topological polar surface area (TPSA) is 162 Å². The number of aliphatic hydroxyl groups is 1. The maximum absolute atomic E-state index is 13.7. The van der Waals surface area contributed by atoms with Gasteiger partial charge >= 0.3 is 23.9 Å². The number of esters is 4. The lowest BCUT2D eigenvalue weighted by atomic mass is 9.56. The van der Waals surface area contributed by atoms with Crippen molar-refractivity contribution in [1.82, 2.24) is 0 Å². The van der Waals surface area contributed by atoms with Crippen molar-refractivity contribution >= 4 is 23.9 Å². The van der Waals surface area contributed by atoms with Gasteiger partial charge in [-0.15, -0.1) is 0 Å². The Morgan fingerprint density at radius 1 is 0.956 bits per heavy atom. The molecule has 5 aliphatic rings. The summed E-state index contributed by atoms with van der Waals surface area (Å²) in [5, 5.41) is 12.5. The Morgan fingerprint density at radius 3 is 2.20 bits per heavy atom. The fraction of sp³-hybridized carbons (Fsp3) is 0.500. The molecule has 1 N–H and O–H groups in total. The van der Waals surface area contributed by atoms with Crippen LogP contribution in [-0.2, 0) is 48.3 Å². The first-order chi connectivity index (χ1) is 21.2. The van der Waals surface area contributed by atoms with E-state index in [-0.39, 0.29) is 40.8 Å². The van der Waals surface area contributed by atoms with Crippen LogP contribution >= 0.6 is 0 Å². The number of methoxy groups -OCH3 is 2. The van der Waals surface area contributed by atoms with Crippen LogP contribution in [0.15, 0.2) is 41.0 Å². The molecule has 13 heteroatoms. The van der Waals surface area contributed by atoms with Crippen LogP contribution in [0.4, 0.5) is 0 Å². The van der Waals surface area contributed by atoms with Gasteiger partial charge in [-0.2, -0.15) is 0 Å². The highest BCUT2D eigenvalue weighted by Crippen LogP contribution is 2.67. The highest BCUT2D eigenvalue weighted by atomic mass is 16.7. The average molecular weight is 629 g/mol. The quantitative estimate of drug-likeness (QED) is 0.278. The Labute approximate surface area is 259 Å². The Hall–Kier alpha value is -4.36. The maximum atomic E-state index is 13.7. The van der Waals surface area contributed by atoms with Gasteiger partial charge in [-0.25, -0.2) is 19.2 Å². The van der Waals surface area contributed by atoms with Gasteiger partial charge in [-0.05, 0) is 40.7 Å². The summed E-state index contributed by atoms with van der Waals surface area (Å²) in [6, 6.07) is 1.58. The summed E-state index contributed by atoms with van der Waals surface area (Å²) in [6.45, 7) is 8.92. The molecule has 45 heavy (non-hydrogen) atoms. The minimum Gasteiger partial charge on any atom is -0.488 e. The molecule has 1 spiro atoms. The number of carbonyl (C=O) groups is 4.